The molecule has 16 heavy (non-hydrogen) atoms. The smallest absolute Gasteiger partial charge is 0.162 e. The van der Waals surface area contributed by atoms with Gasteiger partial charge in [-0.05, 0) is 28.1 Å². The number of rotatable bonds is 6. The molecule has 0 saturated carbocycles. The largest absolute Gasteiger partial charge is 0.493 e. The molecule has 0 aliphatic heterocycles. The first kappa shape index (κ1) is 13.0. The molecule has 5 heteroatoms. The lowest BCUT2D eigenvalue weighted by Crippen LogP contribution is -2.05. The van der Waals surface area contributed by atoms with Gasteiger partial charge in [0.2, 0.25) is 0 Å². The predicted molar refractivity (Wildman–Crippen MR) is 63.5 cm³/mol. The lowest BCUT2D eigenvalue weighted by atomic mass is 10.2. The van der Waals surface area contributed by atoms with E-state index < -0.39 is 0 Å². The average molecular weight is 289 g/mol. The number of benzene rings is 1. The number of halogens is 1. The van der Waals surface area contributed by atoms with Gasteiger partial charge in [0, 0.05) is 17.1 Å². The van der Waals surface area contributed by atoms with Crippen LogP contribution in [0.1, 0.15) is 10.4 Å². The molecule has 4 nitrogen and oxygen atoms in total. The molecule has 1 aromatic carbocycles. The van der Waals surface area contributed by atoms with E-state index in [1.807, 2.05) is 0 Å². The molecular formula is C11H13BrO4. The van der Waals surface area contributed by atoms with Gasteiger partial charge in [0.15, 0.2) is 17.8 Å². The van der Waals surface area contributed by atoms with Crippen molar-refractivity contribution in [3.8, 4) is 11.5 Å². The Morgan fingerprint density at radius 2 is 2.00 bits per heavy atom. The molecule has 0 spiro atoms. The topological polar surface area (TPSA) is 44.8 Å². The molecule has 0 fully saturated rings. The highest BCUT2D eigenvalue weighted by molar-refractivity contribution is 9.10. The van der Waals surface area contributed by atoms with E-state index in [1.165, 1.54) is 0 Å². The van der Waals surface area contributed by atoms with Gasteiger partial charge in [-0.15, -0.1) is 0 Å². The van der Waals surface area contributed by atoms with Crippen LogP contribution in [-0.2, 0) is 4.74 Å². The summed E-state index contributed by atoms with van der Waals surface area (Å²) in [5.41, 5.74) is 0.521. The van der Waals surface area contributed by atoms with Crippen molar-refractivity contribution >= 4 is 22.2 Å². The van der Waals surface area contributed by atoms with E-state index in [2.05, 4.69) is 15.9 Å². The van der Waals surface area contributed by atoms with Crippen molar-refractivity contribution in [2.75, 3.05) is 27.4 Å². The van der Waals surface area contributed by atoms with Gasteiger partial charge in [-0.1, -0.05) is 0 Å². The molecule has 0 aliphatic rings. The quantitative estimate of drug-likeness (QED) is 0.595. The van der Waals surface area contributed by atoms with E-state index in [-0.39, 0.29) is 0 Å². The second-order valence-electron chi connectivity index (χ2n) is 2.98. The van der Waals surface area contributed by atoms with E-state index in [4.69, 9.17) is 14.2 Å². The van der Waals surface area contributed by atoms with Crippen LogP contribution >= 0.6 is 15.9 Å². The molecule has 1 rings (SSSR count). The van der Waals surface area contributed by atoms with Gasteiger partial charge < -0.3 is 14.2 Å². The van der Waals surface area contributed by atoms with Crippen LogP contribution in [0, 0.1) is 0 Å². The SMILES string of the molecule is COCCOc1cc(C=O)c(Br)cc1OC. The number of hydrogen-bond acceptors (Lipinski definition) is 4. The number of carbonyl (C=O) groups excluding carboxylic acids is 1. The minimum absolute atomic E-state index is 0.410. The molecule has 88 valence electrons. The average Bonchev–Trinajstić information content (AvgIpc) is 2.30. The predicted octanol–water partition coefficient (Wildman–Crippen LogP) is 2.30. The number of carbonyl (C=O) groups is 1. The summed E-state index contributed by atoms with van der Waals surface area (Å²) < 4.78 is 16.1. The summed E-state index contributed by atoms with van der Waals surface area (Å²) in [6.07, 6.45) is 0.757. The maximum Gasteiger partial charge on any atom is 0.162 e. The third-order valence-corrected chi connectivity index (χ3v) is 2.64. The van der Waals surface area contributed by atoms with Gasteiger partial charge in [0.25, 0.3) is 0 Å². The maximum absolute atomic E-state index is 10.8. The fourth-order valence-electron chi connectivity index (χ4n) is 1.15. The monoisotopic (exact) mass is 288 g/mol. The zero-order valence-electron chi connectivity index (χ0n) is 9.16. The third kappa shape index (κ3) is 3.21. The Hall–Kier alpha value is -1.07. The molecule has 0 atom stereocenters. The standard InChI is InChI=1S/C11H13BrO4/c1-14-3-4-16-11-5-8(7-13)9(12)6-10(11)15-2/h5-7H,3-4H2,1-2H3. The van der Waals surface area contributed by atoms with Gasteiger partial charge in [0.05, 0.1) is 13.7 Å². The van der Waals surface area contributed by atoms with Crippen LogP contribution in [0.15, 0.2) is 16.6 Å². The second kappa shape index (κ2) is 6.50. The van der Waals surface area contributed by atoms with E-state index in [0.717, 1.165) is 6.29 Å². The molecule has 0 amide bonds. The number of ether oxygens (including phenoxy) is 3. The van der Waals surface area contributed by atoms with Crippen LogP contribution in [0.25, 0.3) is 0 Å². The summed E-state index contributed by atoms with van der Waals surface area (Å²) in [6, 6.07) is 3.33. The second-order valence-corrected chi connectivity index (χ2v) is 3.84. The van der Waals surface area contributed by atoms with Crippen LogP contribution in [-0.4, -0.2) is 33.7 Å². The van der Waals surface area contributed by atoms with Gasteiger partial charge in [-0.2, -0.15) is 0 Å². The van der Waals surface area contributed by atoms with Crippen LogP contribution in [0.4, 0.5) is 0 Å². The molecule has 0 saturated heterocycles. The van der Waals surface area contributed by atoms with E-state index >= 15 is 0 Å². The van der Waals surface area contributed by atoms with Crippen molar-refractivity contribution in [2.24, 2.45) is 0 Å². The zero-order chi connectivity index (χ0) is 12.0. The molecular weight excluding hydrogens is 276 g/mol. The van der Waals surface area contributed by atoms with E-state index in [9.17, 15) is 4.79 Å². The van der Waals surface area contributed by atoms with Crippen molar-refractivity contribution in [3.63, 3.8) is 0 Å². The lowest BCUT2D eigenvalue weighted by Gasteiger charge is -2.11. The highest BCUT2D eigenvalue weighted by Crippen LogP contribution is 2.32. The Morgan fingerprint density at radius 1 is 1.25 bits per heavy atom. The summed E-state index contributed by atoms with van der Waals surface area (Å²) >= 11 is 3.27. The number of methoxy groups -OCH3 is 2. The van der Waals surface area contributed by atoms with Crippen molar-refractivity contribution < 1.29 is 19.0 Å². The maximum atomic E-state index is 10.8. The summed E-state index contributed by atoms with van der Waals surface area (Å²) in [5, 5.41) is 0. The molecule has 1 aromatic rings. The van der Waals surface area contributed by atoms with Gasteiger partial charge in [0.1, 0.15) is 6.61 Å². The third-order valence-electron chi connectivity index (χ3n) is 1.95. The van der Waals surface area contributed by atoms with Gasteiger partial charge >= 0.3 is 0 Å². The normalized spacial score (nSPS) is 9.94. The molecule has 0 unspecified atom stereocenters. The van der Waals surface area contributed by atoms with Crippen LogP contribution < -0.4 is 9.47 Å². The molecule has 0 aliphatic carbocycles. The fraction of sp³-hybridized carbons (Fsp3) is 0.364. The molecule has 0 N–H and O–H groups in total. The van der Waals surface area contributed by atoms with Crippen molar-refractivity contribution in [1.29, 1.82) is 0 Å². The van der Waals surface area contributed by atoms with Gasteiger partial charge in [-0.3, -0.25) is 4.79 Å². The minimum atomic E-state index is 0.410. The van der Waals surface area contributed by atoms with Gasteiger partial charge in [-0.25, -0.2) is 0 Å². The summed E-state index contributed by atoms with van der Waals surface area (Å²) in [6.45, 7) is 0.891. The first-order valence-electron chi connectivity index (χ1n) is 4.67. The highest BCUT2D eigenvalue weighted by Gasteiger charge is 2.09. The van der Waals surface area contributed by atoms with E-state index in [0.29, 0.717) is 34.7 Å². The Morgan fingerprint density at radius 3 is 2.56 bits per heavy atom. The van der Waals surface area contributed by atoms with E-state index in [1.54, 1.807) is 26.4 Å². The fourth-order valence-corrected chi connectivity index (χ4v) is 1.56. The molecule has 0 radical (unpaired) electrons. The first-order valence-corrected chi connectivity index (χ1v) is 5.46. The minimum Gasteiger partial charge on any atom is -0.493 e. The Labute approximate surface area is 103 Å². The Kier molecular flexibility index (Phi) is 5.28. The first-order chi connectivity index (χ1) is 7.72. The van der Waals surface area contributed by atoms with Crippen molar-refractivity contribution in [1.82, 2.24) is 0 Å². The summed E-state index contributed by atoms with van der Waals surface area (Å²) in [5.74, 6) is 1.11. The summed E-state index contributed by atoms with van der Waals surface area (Å²) in [7, 11) is 3.14. The number of hydrogen-bond donors (Lipinski definition) is 0. The zero-order valence-corrected chi connectivity index (χ0v) is 10.7. The highest BCUT2D eigenvalue weighted by atomic mass is 79.9. The Bertz CT molecular complexity index is 365. The molecule has 0 heterocycles. The van der Waals surface area contributed by atoms with Crippen LogP contribution in [0.5, 0.6) is 11.5 Å². The van der Waals surface area contributed by atoms with Crippen molar-refractivity contribution in [3.05, 3.63) is 22.2 Å². The van der Waals surface area contributed by atoms with Crippen LogP contribution in [0.2, 0.25) is 0 Å². The molecule has 0 aromatic heterocycles. The molecule has 0 bridgehead atoms. The van der Waals surface area contributed by atoms with Crippen LogP contribution in [0.3, 0.4) is 0 Å². The summed E-state index contributed by atoms with van der Waals surface area (Å²) in [4.78, 5) is 10.8. The van der Waals surface area contributed by atoms with Crippen molar-refractivity contribution in [2.45, 2.75) is 0 Å². The lowest BCUT2D eigenvalue weighted by molar-refractivity contribution is 0.112. The Balaban J connectivity index is 2.91. The number of aldehydes is 1.